The summed E-state index contributed by atoms with van der Waals surface area (Å²) in [5.74, 6) is 1.15. The van der Waals surface area contributed by atoms with Crippen molar-refractivity contribution >= 4 is 5.82 Å². The third kappa shape index (κ3) is 10.7. The lowest BCUT2D eigenvalue weighted by atomic mass is 10.1. The number of aryl methyl sites for hydroxylation is 2. The molecule has 0 fully saturated rings. The second-order valence-corrected chi connectivity index (χ2v) is 8.04. The van der Waals surface area contributed by atoms with E-state index in [1.165, 1.54) is 89.2 Å². The van der Waals surface area contributed by atoms with Gasteiger partial charge in [-0.1, -0.05) is 85.0 Å². The van der Waals surface area contributed by atoms with E-state index in [1.54, 1.807) is 0 Å². The van der Waals surface area contributed by atoms with E-state index < -0.39 is 0 Å². The van der Waals surface area contributed by atoms with Crippen LogP contribution in [0.15, 0.2) is 6.20 Å². The molecular weight excluding hydrogens is 330 g/mol. The van der Waals surface area contributed by atoms with Crippen LogP contribution in [-0.4, -0.2) is 23.1 Å². The van der Waals surface area contributed by atoms with Crippen LogP contribution in [0, 0.1) is 6.92 Å². The van der Waals surface area contributed by atoms with Crippen molar-refractivity contribution in [2.75, 3.05) is 18.0 Å². The first-order chi connectivity index (χ1) is 13.2. The van der Waals surface area contributed by atoms with Crippen LogP contribution in [0.1, 0.15) is 116 Å². The largest absolute Gasteiger partial charge is 0.355 e. The molecule has 0 radical (unpaired) electrons. The van der Waals surface area contributed by atoms with E-state index in [9.17, 15) is 0 Å². The molecule has 3 nitrogen and oxygen atoms in total. The van der Waals surface area contributed by atoms with Crippen molar-refractivity contribution in [2.45, 2.75) is 118 Å². The van der Waals surface area contributed by atoms with Crippen molar-refractivity contribution in [3.63, 3.8) is 0 Å². The number of nitrogens with zero attached hydrogens (tertiary/aromatic N) is 3. The Morgan fingerprint density at radius 2 is 1.22 bits per heavy atom. The summed E-state index contributed by atoms with van der Waals surface area (Å²) in [4.78, 5) is 12.3. The minimum Gasteiger partial charge on any atom is -0.355 e. The van der Waals surface area contributed by atoms with Crippen LogP contribution in [0.3, 0.4) is 0 Å². The number of aromatic nitrogens is 2. The molecule has 1 heterocycles. The third-order valence-electron chi connectivity index (χ3n) is 5.38. The monoisotopic (exact) mass is 375 g/mol. The molecule has 156 valence electrons. The Morgan fingerprint density at radius 1 is 0.704 bits per heavy atom. The van der Waals surface area contributed by atoms with Gasteiger partial charge in [0.15, 0.2) is 0 Å². The van der Waals surface area contributed by atoms with Crippen molar-refractivity contribution < 1.29 is 0 Å². The van der Waals surface area contributed by atoms with E-state index in [0.29, 0.717) is 0 Å². The summed E-state index contributed by atoms with van der Waals surface area (Å²) < 4.78 is 0. The van der Waals surface area contributed by atoms with Gasteiger partial charge in [0.05, 0.1) is 11.4 Å². The second-order valence-electron chi connectivity index (χ2n) is 8.04. The van der Waals surface area contributed by atoms with E-state index in [4.69, 9.17) is 9.97 Å². The number of hydrogen-bond donors (Lipinski definition) is 0. The van der Waals surface area contributed by atoms with E-state index in [-0.39, 0.29) is 0 Å². The van der Waals surface area contributed by atoms with Crippen LogP contribution >= 0.6 is 0 Å². The molecule has 0 aliphatic carbocycles. The summed E-state index contributed by atoms with van der Waals surface area (Å²) in [7, 11) is 0. The molecule has 0 atom stereocenters. The Labute approximate surface area is 169 Å². The lowest BCUT2D eigenvalue weighted by Crippen LogP contribution is -2.28. The lowest BCUT2D eigenvalue weighted by Gasteiger charge is -2.25. The number of anilines is 1. The quantitative estimate of drug-likeness (QED) is 0.268. The molecule has 0 aromatic carbocycles. The fourth-order valence-electron chi connectivity index (χ4n) is 3.59. The maximum atomic E-state index is 5.05. The van der Waals surface area contributed by atoms with Crippen molar-refractivity contribution in [1.29, 1.82) is 0 Å². The van der Waals surface area contributed by atoms with Crippen molar-refractivity contribution in [1.82, 2.24) is 9.97 Å². The normalized spacial score (nSPS) is 11.1. The van der Waals surface area contributed by atoms with Crippen LogP contribution in [0.25, 0.3) is 0 Å². The highest BCUT2D eigenvalue weighted by Crippen LogP contribution is 2.19. The van der Waals surface area contributed by atoms with Crippen molar-refractivity contribution in [3.05, 3.63) is 17.6 Å². The average Bonchev–Trinajstić information content (AvgIpc) is 2.68. The maximum absolute atomic E-state index is 5.05. The summed E-state index contributed by atoms with van der Waals surface area (Å²) in [6.07, 6.45) is 20.1. The molecule has 0 aliphatic heterocycles. The molecule has 0 unspecified atom stereocenters. The van der Waals surface area contributed by atoms with Crippen molar-refractivity contribution in [3.8, 4) is 0 Å². The Kier molecular flexibility index (Phi) is 14.1. The first-order valence-electron chi connectivity index (χ1n) is 11.8. The molecule has 1 aromatic rings. The van der Waals surface area contributed by atoms with E-state index in [2.05, 4.69) is 32.6 Å². The maximum Gasteiger partial charge on any atom is 0.150 e. The molecule has 27 heavy (non-hydrogen) atoms. The molecule has 0 bridgehead atoms. The van der Waals surface area contributed by atoms with Crippen LogP contribution in [0.5, 0.6) is 0 Å². The SMILES string of the molecule is CCCCCCCc1cnc(C)c(N(CCCCCC)CCCCCC)n1. The minimum atomic E-state index is 1.07. The molecule has 0 aliphatic rings. The molecule has 0 saturated heterocycles. The molecule has 0 N–H and O–H groups in total. The van der Waals surface area contributed by atoms with Crippen LogP contribution in [0.2, 0.25) is 0 Å². The van der Waals surface area contributed by atoms with Gasteiger partial charge >= 0.3 is 0 Å². The van der Waals surface area contributed by atoms with Crippen LogP contribution in [-0.2, 0) is 6.42 Å². The number of hydrogen-bond acceptors (Lipinski definition) is 3. The molecule has 0 saturated carbocycles. The van der Waals surface area contributed by atoms with Gasteiger partial charge in [0.25, 0.3) is 0 Å². The van der Waals surface area contributed by atoms with E-state index in [1.807, 2.05) is 6.20 Å². The Bertz CT molecular complexity index is 461. The average molecular weight is 376 g/mol. The summed E-state index contributed by atoms with van der Waals surface area (Å²) in [6.45, 7) is 11.2. The van der Waals surface area contributed by atoms with Gasteiger partial charge in [-0.3, -0.25) is 4.98 Å². The first kappa shape index (κ1) is 23.9. The zero-order chi connectivity index (χ0) is 19.7. The summed E-state index contributed by atoms with van der Waals surface area (Å²) in [5, 5.41) is 0. The number of unbranched alkanes of at least 4 members (excludes halogenated alkanes) is 10. The standard InChI is InChI=1S/C24H45N3/c1-5-8-11-14-15-18-23-21-25-22(4)24(26-23)27(19-16-12-9-6-2)20-17-13-10-7-3/h21H,5-20H2,1-4H3. The second kappa shape index (κ2) is 15.9. The lowest BCUT2D eigenvalue weighted by molar-refractivity contribution is 0.600. The highest BCUT2D eigenvalue weighted by Gasteiger charge is 2.13. The zero-order valence-corrected chi connectivity index (χ0v) is 18.7. The summed E-state index contributed by atoms with van der Waals surface area (Å²) in [5.41, 5.74) is 2.27. The van der Waals surface area contributed by atoms with Gasteiger partial charge in [-0.15, -0.1) is 0 Å². The molecule has 1 aromatic heterocycles. The summed E-state index contributed by atoms with van der Waals surface area (Å²) in [6, 6.07) is 0. The molecule has 3 heteroatoms. The Hall–Kier alpha value is -1.12. The summed E-state index contributed by atoms with van der Waals surface area (Å²) >= 11 is 0. The third-order valence-corrected chi connectivity index (χ3v) is 5.38. The van der Waals surface area contributed by atoms with Crippen LogP contribution in [0.4, 0.5) is 5.82 Å². The van der Waals surface area contributed by atoms with Gasteiger partial charge in [0.1, 0.15) is 5.82 Å². The highest BCUT2D eigenvalue weighted by atomic mass is 15.2. The Balaban J connectivity index is 2.67. The minimum absolute atomic E-state index is 1.07. The molecular formula is C24H45N3. The van der Waals surface area contributed by atoms with Gasteiger partial charge in [-0.25, -0.2) is 4.98 Å². The first-order valence-corrected chi connectivity index (χ1v) is 11.8. The van der Waals surface area contributed by atoms with Gasteiger partial charge in [-0.05, 0) is 32.6 Å². The van der Waals surface area contributed by atoms with Gasteiger partial charge < -0.3 is 4.90 Å². The number of rotatable bonds is 17. The van der Waals surface area contributed by atoms with Crippen molar-refractivity contribution in [2.24, 2.45) is 0 Å². The fourth-order valence-corrected chi connectivity index (χ4v) is 3.59. The fraction of sp³-hybridized carbons (Fsp3) is 0.833. The van der Waals surface area contributed by atoms with Gasteiger partial charge in [0.2, 0.25) is 0 Å². The zero-order valence-electron chi connectivity index (χ0n) is 18.7. The highest BCUT2D eigenvalue weighted by molar-refractivity contribution is 5.43. The molecule has 1 rings (SSSR count). The Morgan fingerprint density at radius 3 is 1.78 bits per heavy atom. The topological polar surface area (TPSA) is 29.0 Å². The van der Waals surface area contributed by atoms with Crippen LogP contribution < -0.4 is 4.90 Å². The van der Waals surface area contributed by atoms with Gasteiger partial charge in [0, 0.05) is 19.3 Å². The predicted octanol–water partition coefficient (Wildman–Crippen LogP) is 7.26. The van der Waals surface area contributed by atoms with E-state index in [0.717, 1.165) is 31.0 Å². The predicted molar refractivity (Wildman–Crippen MR) is 120 cm³/mol. The molecule has 0 amide bonds. The van der Waals surface area contributed by atoms with Gasteiger partial charge in [-0.2, -0.15) is 0 Å². The molecule has 0 spiro atoms. The smallest absolute Gasteiger partial charge is 0.150 e. The van der Waals surface area contributed by atoms with E-state index >= 15 is 0 Å².